The van der Waals surface area contributed by atoms with Crippen molar-refractivity contribution < 1.29 is 14.3 Å². The summed E-state index contributed by atoms with van der Waals surface area (Å²) in [6.07, 6.45) is 0.353. The zero-order chi connectivity index (χ0) is 20.9. The smallest absolute Gasteiger partial charge is 0.229 e. The fourth-order valence-electron chi connectivity index (χ4n) is 3.20. The monoisotopic (exact) mass is 421 g/mol. The van der Waals surface area contributed by atoms with E-state index in [2.05, 4.69) is 5.32 Å². The van der Waals surface area contributed by atoms with Crippen molar-refractivity contribution in [3.63, 3.8) is 0 Å². The van der Waals surface area contributed by atoms with Gasteiger partial charge in [-0.25, -0.2) is 4.99 Å². The Labute approximate surface area is 179 Å². The van der Waals surface area contributed by atoms with Crippen molar-refractivity contribution in [2.45, 2.75) is 6.42 Å². The number of ether oxygens (including phenoxy) is 2. The Morgan fingerprint density at radius 1 is 1.17 bits per heavy atom. The number of para-hydroxylation sites is 2. The second kappa shape index (κ2) is 9.11. The topological polar surface area (TPSA) is 63.2 Å². The van der Waals surface area contributed by atoms with Crippen molar-refractivity contribution in [3.05, 3.63) is 70.4 Å². The van der Waals surface area contributed by atoms with Gasteiger partial charge in [-0.15, -0.1) is 11.3 Å². The molecule has 0 bridgehead atoms. The molecule has 0 atom stereocenters. The minimum absolute atomic E-state index is 0.0542. The van der Waals surface area contributed by atoms with Crippen LogP contribution in [0.4, 0.5) is 11.4 Å². The Bertz CT molecular complexity index is 1060. The van der Waals surface area contributed by atoms with Crippen LogP contribution in [-0.4, -0.2) is 44.0 Å². The number of rotatable bonds is 6. The fraction of sp³-hybridized carbons (Fsp3) is 0.217. The van der Waals surface area contributed by atoms with E-state index in [0.29, 0.717) is 36.8 Å². The van der Waals surface area contributed by atoms with Gasteiger partial charge in [0.05, 0.1) is 18.6 Å². The Morgan fingerprint density at radius 2 is 2.03 bits per heavy atom. The Kier molecular flexibility index (Phi) is 6.11. The molecule has 4 rings (SSSR count). The number of likely N-dealkylation sites (N-methyl/N-ethyl adjacent to an activating group) is 1. The molecule has 1 aliphatic rings. The van der Waals surface area contributed by atoms with Gasteiger partial charge in [-0.1, -0.05) is 18.2 Å². The SMILES string of the molecule is COCCN(C)C1=Nc2ccccc2Oc2ccc(NC(=O)Cc3cccs3)cc21. The van der Waals surface area contributed by atoms with E-state index in [4.69, 9.17) is 14.5 Å². The summed E-state index contributed by atoms with van der Waals surface area (Å²) in [5.41, 5.74) is 2.28. The van der Waals surface area contributed by atoms with Crippen LogP contribution in [0.2, 0.25) is 0 Å². The summed E-state index contributed by atoms with van der Waals surface area (Å²) in [6.45, 7) is 1.25. The van der Waals surface area contributed by atoms with E-state index in [-0.39, 0.29) is 5.91 Å². The minimum atomic E-state index is -0.0542. The molecule has 0 unspecified atom stereocenters. The Hall–Kier alpha value is -3.16. The van der Waals surface area contributed by atoms with Gasteiger partial charge in [0.1, 0.15) is 17.3 Å². The number of carbonyl (C=O) groups excluding carboxylic acids is 1. The first-order valence-electron chi connectivity index (χ1n) is 9.66. The summed E-state index contributed by atoms with van der Waals surface area (Å²) in [5, 5.41) is 4.96. The lowest BCUT2D eigenvalue weighted by atomic mass is 10.1. The zero-order valence-electron chi connectivity index (χ0n) is 16.9. The number of thiophene rings is 1. The molecular formula is C23H23N3O3S. The van der Waals surface area contributed by atoms with Gasteiger partial charge in [0.2, 0.25) is 5.91 Å². The van der Waals surface area contributed by atoms with Gasteiger partial charge < -0.3 is 19.7 Å². The lowest BCUT2D eigenvalue weighted by Crippen LogP contribution is -2.30. The number of aliphatic imine (C=N–C) groups is 1. The molecule has 0 fully saturated rings. The van der Waals surface area contributed by atoms with Crippen molar-refractivity contribution in [3.8, 4) is 11.5 Å². The molecule has 0 spiro atoms. The third-order valence-corrected chi connectivity index (χ3v) is 5.60. The minimum Gasteiger partial charge on any atom is -0.454 e. The number of methoxy groups -OCH3 is 1. The van der Waals surface area contributed by atoms with Crippen LogP contribution in [-0.2, 0) is 16.0 Å². The van der Waals surface area contributed by atoms with Crippen molar-refractivity contribution in [1.29, 1.82) is 0 Å². The molecule has 0 saturated heterocycles. The summed E-state index contributed by atoms with van der Waals surface area (Å²) < 4.78 is 11.4. The molecule has 0 saturated carbocycles. The van der Waals surface area contributed by atoms with Crippen LogP contribution >= 0.6 is 11.3 Å². The van der Waals surface area contributed by atoms with E-state index < -0.39 is 0 Å². The highest BCUT2D eigenvalue weighted by Gasteiger charge is 2.21. The predicted octanol–water partition coefficient (Wildman–Crippen LogP) is 4.69. The summed E-state index contributed by atoms with van der Waals surface area (Å²) in [4.78, 5) is 20.4. The number of carbonyl (C=O) groups is 1. The molecule has 7 heteroatoms. The number of amidine groups is 1. The molecule has 1 N–H and O–H groups in total. The Balaban J connectivity index is 1.66. The number of amides is 1. The van der Waals surface area contributed by atoms with Crippen LogP contribution in [0, 0.1) is 0 Å². The first-order chi connectivity index (χ1) is 14.6. The van der Waals surface area contributed by atoms with E-state index >= 15 is 0 Å². The van der Waals surface area contributed by atoms with Crippen LogP contribution in [0.5, 0.6) is 11.5 Å². The largest absolute Gasteiger partial charge is 0.454 e. The van der Waals surface area contributed by atoms with Gasteiger partial charge in [0.25, 0.3) is 0 Å². The first kappa shape index (κ1) is 20.1. The third kappa shape index (κ3) is 4.53. The molecule has 30 heavy (non-hydrogen) atoms. The lowest BCUT2D eigenvalue weighted by molar-refractivity contribution is -0.115. The number of nitrogens with zero attached hydrogens (tertiary/aromatic N) is 2. The molecule has 0 radical (unpaired) electrons. The summed E-state index contributed by atoms with van der Waals surface area (Å²) >= 11 is 1.57. The highest BCUT2D eigenvalue weighted by atomic mass is 32.1. The average molecular weight is 422 g/mol. The van der Waals surface area contributed by atoms with E-state index in [1.165, 1.54) is 0 Å². The van der Waals surface area contributed by atoms with Crippen LogP contribution in [0.1, 0.15) is 10.4 Å². The van der Waals surface area contributed by atoms with E-state index in [0.717, 1.165) is 22.0 Å². The number of hydrogen-bond acceptors (Lipinski definition) is 6. The standard InChI is InChI=1S/C23H23N3O3S/c1-26(11-12-28-2)23-18-14-16(24-22(27)15-17-6-5-13-30-17)9-10-20(18)29-21-8-4-3-7-19(21)25-23/h3-10,13-14H,11-12,15H2,1-2H3,(H,24,27). The molecule has 1 aromatic heterocycles. The molecule has 2 aromatic carbocycles. The van der Waals surface area contributed by atoms with E-state index in [1.54, 1.807) is 18.4 Å². The van der Waals surface area contributed by atoms with Gasteiger partial charge in [0, 0.05) is 31.3 Å². The summed E-state index contributed by atoms with van der Waals surface area (Å²) in [5.74, 6) is 2.10. The van der Waals surface area contributed by atoms with Crippen molar-refractivity contribution in [2.24, 2.45) is 4.99 Å². The number of nitrogens with one attached hydrogen (secondary N) is 1. The Morgan fingerprint density at radius 3 is 2.83 bits per heavy atom. The number of hydrogen-bond donors (Lipinski definition) is 1. The number of benzene rings is 2. The second-order valence-electron chi connectivity index (χ2n) is 6.93. The molecular weight excluding hydrogens is 398 g/mol. The molecule has 1 amide bonds. The quantitative estimate of drug-likeness (QED) is 0.627. The maximum Gasteiger partial charge on any atom is 0.229 e. The molecule has 2 heterocycles. The highest BCUT2D eigenvalue weighted by Crippen LogP contribution is 2.38. The summed E-state index contributed by atoms with van der Waals surface area (Å²) in [6, 6.07) is 17.2. The molecule has 1 aliphatic heterocycles. The molecule has 6 nitrogen and oxygen atoms in total. The van der Waals surface area contributed by atoms with Gasteiger partial charge in [-0.2, -0.15) is 0 Å². The zero-order valence-corrected chi connectivity index (χ0v) is 17.7. The summed E-state index contributed by atoms with van der Waals surface area (Å²) in [7, 11) is 3.65. The second-order valence-corrected chi connectivity index (χ2v) is 7.97. The van der Waals surface area contributed by atoms with E-state index in [9.17, 15) is 4.79 Å². The normalized spacial score (nSPS) is 12.1. The van der Waals surface area contributed by atoms with Gasteiger partial charge in [0.15, 0.2) is 5.75 Å². The van der Waals surface area contributed by atoms with Gasteiger partial charge >= 0.3 is 0 Å². The lowest BCUT2D eigenvalue weighted by Gasteiger charge is -2.22. The van der Waals surface area contributed by atoms with Crippen molar-refractivity contribution in [2.75, 3.05) is 32.6 Å². The molecule has 3 aromatic rings. The van der Waals surface area contributed by atoms with Crippen LogP contribution in [0.3, 0.4) is 0 Å². The molecule has 0 aliphatic carbocycles. The number of anilines is 1. The van der Waals surface area contributed by atoms with Crippen LogP contribution < -0.4 is 10.1 Å². The van der Waals surface area contributed by atoms with Crippen molar-refractivity contribution >= 4 is 34.5 Å². The van der Waals surface area contributed by atoms with E-state index in [1.807, 2.05) is 71.9 Å². The van der Waals surface area contributed by atoms with Gasteiger partial charge in [-0.05, 0) is 41.8 Å². The molecule has 154 valence electrons. The van der Waals surface area contributed by atoms with Crippen LogP contribution in [0.25, 0.3) is 0 Å². The first-order valence-corrected chi connectivity index (χ1v) is 10.5. The number of fused-ring (bicyclic) bond motifs is 2. The predicted molar refractivity (Wildman–Crippen MR) is 120 cm³/mol. The fourth-order valence-corrected chi connectivity index (χ4v) is 3.91. The highest BCUT2D eigenvalue weighted by molar-refractivity contribution is 7.10. The average Bonchev–Trinajstić information content (AvgIpc) is 3.19. The maximum absolute atomic E-state index is 12.5. The third-order valence-electron chi connectivity index (χ3n) is 4.72. The van der Waals surface area contributed by atoms with Crippen LogP contribution in [0.15, 0.2) is 65.0 Å². The van der Waals surface area contributed by atoms with Gasteiger partial charge in [-0.3, -0.25) is 4.79 Å². The maximum atomic E-state index is 12.5. The van der Waals surface area contributed by atoms with Crippen molar-refractivity contribution in [1.82, 2.24) is 4.90 Å².